The summed E-state index contributed by atoms with van der Waals surface area (Å²) in [5.41, 5.74) is 0. The molecule has 1 aromatic carbocycles. The Hall–Kier alpha value is -0.660. The molecule has 0 aliphatic rings. The summed E-state index contributed by atoms with van der Waals surface area (Å²) < 4.78 is 47.3. The Bertz CT molecular complexity index is 369. The van der Waals surface area contributed by atoms with E-state index in [1.165, 1.54) is 0 Å². The minimum atomic E-state index is -3.69. The van der Waals surface area contributed by atoms with Crippen molar-refractivity contribution in [3.63, 3.8) is 0 Å². The Morgan fingerprint density at radius 1 is 1.22 bits per heavy atom. The smallest absolute Gasteiger partial charge is 0.264 e. The molecule has 0 radical (unpaired) electrons. The molecule has 0 aliphatic carbocycles. The van der Waals surface area contributed by atoms with Crippen molar-refractivity contribution in [1.82, 2.24) is 0 Å². The molecule has 0 atom stereocenters. The fourth-order valence-corrected chi connectivity index (χ4v) is 1.58. The maximum Gasteiger partial charge on any atom is 0.264 e. The van der Waals surface area contributed by atoms with Crippen molar-refractivity contribution < 1.29 is 21.8 Å². The van der Waals surface area contributed by atoms with Crippen LogP contribution in [0.15, 0.2) is 35.2 Å². The van der Waals surface area contributed by atoms with E-state index in [2.05, 4.69) is 12.6 Å². The molecule has 0 aromatic heterocycles. The predicted octanol–water partition coefficient (Wildman–Crippen LogP) is 3.53. The number of thiol groups is 1. The highest BCUT2D eigenvalue weighted by atomic mass is 32.2. The molecular formula is C11H18F2O3S2. The molecule has 0 amide bonds. The molecule has 0 unspecified atom stereocenters. The van der Waals surface area contributed by atoms with Gasteiger partial charge in [0.05, 0.1) is 5.75 Å². The second-order valence-corrected chi connectivity index (χ2v) is 5.16. The lowest BCUT2D eigenvalue weighted by Gasteiger charge is -1.90. The molecule has 18 heavy (non-hydrogen) atoms. The topological polar surface area (TPSA) is 54.4 Å². The minimum absolute atomic E-state index is 0.108. The number of hydrogen-bond donors (Lipinski definition) is 2. The van der Waals surface area contributed by atoms with E-state index in [9.17, 15) is 17.2 Å². The monoisotopic (exact) mass is 300 g/mol. The third kappa shape index (κ3) is 20.7. The van der Waals surface area contributed by atoms with Crippen LogP contribution in [0.5, 0.6) is 0 Å². The average molecular weight is 300 g/mol. The van der Waals surface area contributed by atoms with E-state index in [1.807, 2.05) is 37.3 Å². The highest BCUT2D eigenvalue weighted by Gasteiger charge is 2.00. The number of benzene rings is 1. The first-order valence-electron chi connectivity index (χ1n) is 5.18. The predicted molar refractivity (Wildman–Crippen MR) is 72.1 cm³/mol. The Morgan fingerprint density at radius 3 is 1.83 bits per heavy atom. The van der Waals surface area contributed by atoms with Gasteiger partial charge in [-0.3, -0.25) is 4.55 Å². The number of rotatable bonds is 3. The van der Waals surface area contributed by atoms with Gasteiger partial charge < -0.3 is 0 Å². The van der Waals surface area contributed by atoms with Gasteiger partial charge in [-0.05, 0) is 18.6 Å². The van der Waals surface area contributed by atoms with E-state index in [1.54, 1.807) is 0 Å². The number of unbranched alkanes of at least 4 members (excludes halogenated alkanes) is 1. The van der Waals surface area contributed by atoms with Crippen LogP contribution < -0.4 is 0 Å². The third-order valence-electron chi connectivity index (χ3n) is 1.51. The first-order chi connectivity index (χ1) is 8.37. The van der Waals surface area contributed by atoms with E-state index in [-0.39, 0.29) is 5.75 Å². The van der Waals surface area contributed by atoms with Gasteiger partial charge in [0.1, 0.15) is 0 Å². The summed E-state index contributed by atoms with van der Waals surface area (Å²) in [5, 5.41) is 0. The lowest BCUT2D eigenvalue weighted by Crippen LogP contribution is -2.02. The van der Waals surface area contributed by atoms with Crippen molar-refractivity contribution in [3.8, 4) is 0 Å². The highest BCUT2D eigenvalue weighted by molar-refractivity contribution is 7.85. The standard InChI is InChI=1S/C6H6S.C4H10O3S.CH2F2/c7-6-4-2-1-3-5-6;1-2-3-4-8(5,6)7;2-1-3/h1-5,7H;2-4H2,1H3,(H,5,6,7);1H2. The average Bonchev–Trinajstić information content (AvgIpc) is 2.28. The van der Waals surface area contributed by atoms with Gasteiger partial charge in [0.15, 0.2) is 0 Å². The lowest BCUT2D eigenvalue weighted by molar-refractivity contribution is 0.295. The summed E-state index contributed by atoms with van der Waals surface area (Å²) in [4.78, 5) is 1.02. The summed E-state index contributed by atoms with van der Waals surface area (Å²) in [6.45, 7) is 0.116. The molecule has 0 bridgehead atoms. The fourth-order valence-electron chi connectivity index (χ4n) is 0.755. The quantitative estimate of drug-likeness (QED) is 0.663. The molecule has 7 heteroatoms. The van der Waals surface area contributed by atoms with Crippen LogP contribution in [0.1, 0.15) is 19.8 Å². The molecule has 0 heterocycles. The molecule has 1 N–H and O–H groups in total. The summed E-state index contributed by atoms with van der Waals surface area (Å²) in [6.07, 6.45) is 1.33. The Balaban J connectivity index is 0. The van der Waals surface area contributed by atoms with Crippen molar-refractivity contribution in [2.75, 3.05) is 12.7 Å². The first kappa shape index (κ1) is 19.7. The van der Waals surface area contributed by atoms with E-state index >= 15 is 0 Å². The number of hydrogen-bond acceptors (Lipinski definition) is 3. The van der Waals surface area contributed by atoms with Gasteiger partial charge in [0.2, 0.25) is 6.93 Å². The normalized spacial score (nSPS) is 9.61. The molecule has 0 fully saturated rings. The van der Waals surface area contributed by atoms with Gasteiger partial charge in [-0.25, -0.2) is 8.78 Å². The molecule has 0 aliphatic heterocycles. The fraction of sp³-hybridized carbons (Fsp3) is 0.455. The van der Waals surface area contributed by atoms with Gasteiger partial charge in [-0.1, -0.05) is 31.5 Å². The van der Waals surface area contributed by atoms with Crippen molar-refractivity contribution >= 4 is 22.7 Å². The second-order valence-electron chi connectivity index (χ2n) is 3.08. The SMILES string of the molecule is CCCCS(=O)(=O)O.FCF.Sc1ccccc1. The van der Waals surface area contributed by atoms with Gasteiger partial charge >= 0.3 is 0 Å². The molecule has 1 rings (SSSR count). The lowest BCUT2D eigenvalue weighted by atomic mass is 10.4. The zero-order valence-electron chi connectivity index (χ0n) is 10.1. The summed E-state index contributed by atoms with van der Waals surface area (Å²) in [5.74, 6) is -0.108. The minimum Gasteiger partial charge on any atom is -0.286 e. The Morgan fingerprint density at radius 2 is 1.67 bits per heavy atom. The van der Waals surface area contributed by atoms with Crippen LogP contribution in [0.3, 0.4) is 0 Å². The maximum atomic E-state index is 9.95. The molecular weight excluding hydrogens is 282 g/mol. The van der Waals surface area contributed by atoms with Crippen LogP contribution in [0.4, 0.5) is 8.78 Å². The van der Waals surface area contributed by atoms with Crippen LogP contribution in [-0.4, -0.2) is 25.7 Å². The number of halogens is 2. The van der Waals surface area contributed by atoms with Crippen LogP contribution in [0.2, 0.25) is 0 Å². The van der Waals surface area contributed by atoms with Crippen molar-refractivity contribution in [2.24, 2.45) is 0 Å². The third-order valence-corrected chi connectivity index (χ3v) is 2.61. The van der Waals surface area contributed by atoms with E-state index in [0.29, 0.717) is 6.42 Å². The zero-order chi connectivity index (χ0) is 14.4. The van der Waals surface area contributed by atoms with Crippen molar-refractivity contribution in [3.05, 3.63) is 30.3 Å². The molecule has 1 aromatic rings. The molecule has 0 spiro atoms. The van der Waals surface area contributed by atoms with Crippen LogP contribution in [0.25, 0.3) is 0 Å². The second kappa shape index (κ2) is 12.8. The van der Waals surface area contributed by atoms with Crippen LogP contribution >= 0.6 is 12.6 Å². The Labute approximate surface area is 112 Å². The van der Waals surface area contributed by atoms with Gasteiger partial charge in [0.25, 0.3) is 10.1 Å². The van der Waals surface area contributed by atoms with Crippen LogP contribution in [-0.2, 0) is 10.1 Å². The maximum absolute atomic E-state index is 9.95. The van der Waals surface area contributed by atoms with E-state index in [0.717, 1.165) is 11.3 Å². The Kier molecular flexibility index (Phi) is 14.0. The van der Waals surface area contributed by atoms with Gasteiger partial charge in [0, 0.05) is 4.90 Å². The molecule has 0 saturated heterocycles. The van der Waals surface area contributed by atoms with Crippen molar-refractivity contribution in [1.29, 1.82) is 0 Å². The molecule has 106 valence electrons. The van der Waals surface area contributed by atoms with E-state index < -0.39 is 17.0 Å². The van der Waals surface area contributed by atoms with Gasteiger partial charge in [-0.2, -0.15) is 8.42 Å². The van der Waals surface area contributed by atoms with Crippen LogP contribution in [0, 0.1) is 0 Å². The summed E-state index contributed by atoms with van der Waals surface area (Å²) >= 11 is 4.08. The molecule has 3 nitrogen and oxygen atoms in total. The molecule has 0 saturated carbocycles. The largest absolute Gasteiger partial charge is 0.286 e. The van der Waals surface area contributed by atoms with E-state index in [4.69, 9.17) is 4.55 Å². The highest BCUT2D eigenvalue weighted by Crippen LogP contribution is 2.00. The zero-order valence-corrected chi connectivity index (χ0v) is 11.8. The number of alkyl halides is 2. The first-order valence-corrected chi connectivity index (χ1v) is 7.24. The summed E-state index contributed by atoms with van der Waals surface area (Å²) in [6, 6.07) is 9.79. The van der Waals surface area contributed by atoms with Gasteiger partial charge in [-0.15, -0.1) is 12.6 Å². The van der Waals surface area contributed by atoms with Crippen molar-refractivity contribution in [2.45, 2.75) is 24.7 Å². The summed E-state index contributed by atoms with van der Waals surface area (Å²) in [7, 11) is -3.69.